The largest absolute Gasteiger partial charge is 0.494 e. The first-order valence-electron chi connectivity index (χ1n) is 13.7. The van der Waals surface area contributed by atoms with Crippen LogP contribution in [0.4, 0.5) is 34.5 Å². The molecule has 1 fully saturated rings. The summed E-state index contributed by atoms with van der Waals surface area (Å²) in [7, 11) is -0.0209. The Morgan fingerprint density at radius 3 is 2.49 bits per heavy atom. The second kappa shape index (κ2) is 13.9. The summed E-state index contributed by atoms with van der Waals surface area (Å²) in [6.07, 6.45) is 6.15. The first-order valence-corrected chi connectivity index (χ1v) is 16.0. The third kappa shape index (κ3) is 8.49. The van der Waals surface area contributed by atoms with Crippen LogP contribution in [0.5, 0.6) is 5.75 Å². The number of ether oxygens (including phenoxy) is 1. The van der Waals surface area contributed by atoms with Crippen LogP contribution in [-0.2, 0) is 14.8 Å². The Labute approximate surface area is 257 Å². The third-order valence-electron chi connectivity index (χ3n) is 7.02. The number of nitrogens with two attached hydrogens (primary N) is 1. The van der Waals surface area contributed by atoms with Gasteiger partial charge in [-0.2, -0.15) is 4.98 Å². The predicted molar refractivity (Wildman–Crippen MR) is 173 cm³/mol. The summed E-state index contributed by atoms with van der Waals surface area (Å²) < 4.78 is 31.8. The lowest BCUT2D eigenvalue weighted by Crippen LogP contribution is -2.36. The molecule has 1 amide bonds. The molecule has 1 aromatic heterocycles. The average molecular weight is 629 g/mol. The number of methoxy groups -OCH3 is 1. The maximum Gasteiger partial charge on any atom is 0.248 e. The van der Waals surface area contributed by atoms with Crippen molar-refractivity contribution in [3.63, 3.8) is 0 Å². The van der Waals surface area contributed by atoms with Gasteiger partial charge in [-0.15, -0.1) is 0 Å². The van der Waals surface area contributed by atoms with Gasteiger partial charge in [0, 0.05) is 43.0 Å². The van der Waals surface area contributed by atoms with E-state index in [0.29, 0.717) is 28.4 Å². The normalized spacial score (nSPS) is 13.7. The van der Waals surface area contributed by atoms with Gasteiger partial charge in [-0.3, -0.25) is 9.52 Å². The van der Waals surface area contributed by atoms with E-state index in [4.69, 9.17) is 22.1 Å². The fourth-order valence-corrected chi connectivity index (χ4v) is 5.48. The Hall–Kier alpha value is -4.07. The fourth-order valence-electron chi connectivity index (χ4n) is 4.76. The van der Waals surface area contributed by atoms with Gasteiger partial charge in [-0.05, 0) is 44.1 Å². The van der Waals surface area contributed by atoms with Crippen LogP contribution in [0.15, 0.2) is 49.2 Å². The highest BCUT2D eigenvalue weighted by Gasteiger charge is 2.20. The van der Waals surface area contributed by atoms with Gasteiger partial charge in [-0.1, -0.05) is 36.7 Å². The minimum absolute atomic E-state index is 0.153. The number of nitrogens with one attached hydrogen (secondary N) is 3. The van der Waals surface area contributed by atoms with Crippen LogP contribution in [0.25, 0.3) is 5.57 Å². The van der Waals surface area contributed by atoms with Crippen LogP contribution in [0.2, 0.25) is 5.02 Å². The van der Waals surface area contributed by atoms with Crippen LogP contribution in [-0.4, -0.2) is 75.8 Å². The lowest BCUT2D eigenvalue weighted by atomic mass is 10.0. The van der Waals surface area contributed by atoms with E-state index in [1.165, 1.54) is 25.5 Å². The van der Waals surface area contributed by atoms with E-state index in [0.717, 1.165) is 38.1 Å². The molecule has 2 aromatic carbocycles. The molecule has 1 aliphatic rings. The molecule has 5 N–H and O–H groups in total. The van der Waals surface area contributed by atoms with Crippen LogP contribution in [0.1, 0.15) is 24.8 Å². The Morgan fingerprint density at radius 1 is 1.14 bits per heavy atom. The van der Waals surface area contributed by atoms with Gasteiger partial charge in [-0.25, -0.2) is 13.4 Å². The number of carbonyl (C=O) groups is 1. The molecule has 14 heteroatoms. The third-order valence-corrected chi connectivity index (χ3v) is 7.89. The number of hydrogen-bond donors (Lipinski definition) is 4. The zero-order chi connectivity index (χ0) is 31.1. The van der Waals surface area contributed by atoms with Gasteiger partial charge in [0.05, 0.1) is 36.6 Å². The zero-order valence-electron chi connectivity index (χ0n) is 24.5. The Morgan fingerprint density at radius 2 is 1.84 bits per heavy atom. The van der Waals surface area contributed by atoms with Gasteiger partial charge in [0.15, 0.2) is 5.82 Å². The zero-order valence-corrected chi connectivity index (χ0v) is 26.1. The molecule has 3 aromatic rings. The van der Waals surface area contributed by atoms with Gasteiger partial charge in [0.25, 0.3) is 0 Å². The molecule has 230 valence electrons. The number of para-hydroxylation sites is 2. The van der Waals surface area contributed by atoms with Crippen LogP contribution in [0.3, 0.4) is 0 Å². The number of likely N-dealkylation sites (tertiary alicyclic amines) is 1. The quantitative estimate of drug-likeness (QED) is 0.200. The van der Waals surface area contributed by atoms with E-state index in [2.05, 4.69) is 41.7 Å². The summed E-state index contributed by atoms with van der Waals surface area (Å²) >= 11 is 6.39. The number of hydrogen-bond acceptors (Lipinski definition) is 10. The molecule has 1 aliphatic heterocycles. The molecule has 0 aliphatic carbocycles. The lowest BCUT2D eigenvalue weighted by molar-refractivity contribution is -0.112. The molecule has 0 bridgehead atoms. The topological polar surface area (TPSA) is 155 Å². The highest BCUT2D eigenvalue weighted by molar-refractivity contribution is 7.92. The number of halogens is 1. The summed E-state index contributed by atoms with van der Waals surface area (Å²) in [5.41, 5.74) is 8.34. The van der Waals surface area contributed by atoms with Crippen molar-refractivity contribution in [2.24, 2.45) is 5.73 Å². The summed E-state index contributed by atoms with van der Waals surface area (Å²) in [5.74, 6) is 0.242. The highest BCUT2D eigenvalue weighted by atomic mass is 35.5. The number of anilines is 6. The van der Waals surface area contributed by atoms with Gasteiger partial charge < -0.3 is 30.9 Å². The molecule has 12 nitrogen and oxygen atoms in total. The molecule has 0 saturated carbocycles. The second-order valence-electron chi connectivity index (χ2n) is 10.3. The average Bonchev–Trinajstić information content (AvgIpc) is 2.97. The number of piperidine rings is 1. The monoisotopic (exact) mass is 628 g/mol. The summed E-state index contributed by atoms with van der Waals surface area (Å²) in [5, 5.41) is 6.41. The molecule has 4 rings (SSSR count). The lowest BCUT2D eigenvalue weighted by Gasteiger charge is -2.30. The smallest absolute Gasteiger partial charge is 0.248 e. The van der Waals surface area contributed by atoms with Crippen LogP contribution in [0, 0.1) is 0 Å². The minimum atomic E-state index is -3.52. The van der Waals surface area contributed by atoms with E-state index < -0.39 is 15.9 Å². The van der Waals surface area contributed by atoms with Crippen molar-refractivity contribution in [1.82, 2.24) is 14.9 Å². The maximum atomic E-state index is 12.2. The van der Waals surface area contributed by atoms with Crippen molar-refractivity contribution in [2.45, 2.75) is 19.3 Å². The van der Waals surface area contributed by atoms with Crippen molar-refractivity contribution in [3.8, 4) is 5.75 Å². The number of carbonyl (C=O) groups excluding carboxylic acids is 1. The number of benzene rings is 2. The minimum Gasteiger partial charge on any atom is -0.494 e. The molecular formula is C29H37ClN8O4S. The number of likely N-dealkylation sites (N-methyl/N-ethyl adjacent to an activating group) is 1. The molecule has 0 atom stereocenters. The molecule has 0 unspecified atom stereocenters. The maximum absolute atomic E-state index is 12.2. The van der Waals surface area contributed by atoms with E-state index in [1.54, 1.807) is 37.4 Å². The SMILES string of the molecule is C=C(C(N)=O)c1cc(Nc2ncc(Cl)c(Nc3ccccc3NS(C)(=O)=O)n2)c(OC)cc1N(C)CCN1CCCCC1. The van der Waals surface area contributed by atoms with E-state index >= 15 is 0 Å². The molecule has 1 saturated heterocycles. The standard InChI is InChI=1S/C29H37ClN8O4S/c1-19(27(31)39)20-16-24(26(42-3)17-25(20)37(2)14-15-38-12-8-5-9-13-38)34-29-32-18-21(30)28(35-29)33-22-10-6-7-11-23(22)36-43(4,40)41/h6-7,10-11,16-18,36H,1,5,8-9,12-15H2,2-4H3,(H2,31,39)(H2,32,33,34,35). The molecule has 0 radical (unpaired) electrons. The molecular weight excluding hydrogens is 592 g/mol. The van der Waals surface area contributed by atoms with Crippen molar-refractivity contribution in [1.29, 1.82) is 0 Å². The summed E-state index contributed by atoms with van der Waals surface area (Å²) in [4.78, 5) is 25.5. The van der Waals surface area contributed by atoms with Gasteiger partial charge in [0.1, 0.15) is 10.8 Å². The number of rotatable bonds is 13. The number of nitrogens with zero attached hydrogens (tertiary/aromatic N) is 4. The van der Waals surface area contributed by atoms with Gasteiger partial charge in [0.2, 0.25) is 21.9 Å². The van der Waals surface area contributed by atoms with Crippen LogP contribution >= 0.6 is 11.6 Å². The molecule has 0 spiro atoms. The number of amides is 1. The highest BCUT2D eigenvalue weighted by Crippen LogP contribution is 2.38. The summed E-state index contributed by atoms with van der Waals surface area (Å²) in [6, 6.07) is 10.3. The number of sulfonamides is 1. The van der Waals surface area contributed by atoms with Crippen molar-refractivity contribution >= 4 is 67.6 Å². The Balaban J connectivity index is 1.63. The number of primary amides is 1. The first-order chi connectivity index (χ1) is 20.4. The van der Waals surface area contributed by atoms with Gasteiger partial charge >= 0.3 is 0 Å². The summed E-state index contributed by atoms with van der Waals surface area (Å²) in [6.45, 7) is 7.73. The van der Waals surface area contributed by atoms with Crippen molar-refractivity contribution in [3.05, 3.63) is 59.8 Å². The molecule has 2 heterocycles. The Bertz CT molecular complexity index is 1600. The predicted octanol–water partition coefficient (Wildman–Crippen LogP) is 4.42. The van der Waals surface area contributed by atoms with E-state index in [1.807, 2.05) is 13.1 Å². The number of aromatic nitrogens is 2. The fraction of sp³-hybridized carbons (Fsp3) is 0.345. The second-order valence-corrected chi connectivity index (χ2v) is 12.5. The van der Waals surface area contributed by atoms with Crippen LogP contribution < -0.4 is 30.7 Å². The van der Waals surface area contributed by atoms with Crippen molar-refractivity contribution in [2.75, 3.05) is 66.8 Å². The first kappa shape index (κ1) is 31.9. The molecule has 43 heavy (non-hydrogen) atoms. The Kier molecular flexibility index (Phi) is 10.3. The van der Waals surface area contributed by atoms with E-state index in [9.17, 15) is 13.2 Å². The van der Waals surface area contributed by atoms with Crippen molar-refractivity contribution < 1.29 is 17.9 Å². The van der Waals surface area contributed by atoms with E-state index in [-0.39, 0.29) is 22.4 Å².